The summed E-state index contributed by atoms with van der Waals surface area (Å²) in [5.74, 6) is -0.359. The molecule has 1 heterocycles. The maximum Gasteiger partial charge on any atom is 0.329 e. The molecule has 0 fully saturated rings. The Morgan fingerprint density at radius 1 is 1.08 bits per heavy atom. The highest BCUT2D eigenvalue weighted by atomic mass is 16.7. The Hall–Kier alpha value is -3.35. The van der Waals surface area contributed by atoms with E-state index in [1.54, 1.807) is 30.3 Å². The van der Waals surface area contributed by atoms with E-state index in [4.69, 9.17) is 9.47 Å². The number of fused-ring (bicyclic) bond motifs is 1. The predicted octanol–water partition coefficient (Wildman–Crippen LogP) is 2.07. The Balaban J connectivity index is 1.53. The van der Waals surface area contributed by atoms with E-state index in [0.29, 0.717) is 22.7 Å². The fraction of sp³-hybridized carbons (Fsp3) is 0.167. The number of anilines is 1. The maximum absolute atomic E-state index is 11.8. The third-order valence-corrected chi connectivity index (χ3v) is 3.60. The molecule has 2 aromatic rings. The van der Waals surface area contributed by atoms with Crippen LogP contribution in [0.25, 0.3) is 0 Å². The van der Waals surface area contributed by atoms with Gasteiger partial charge in [0.2, 0.25) is 6.79 Å². The van der Waals surface area contributed by atoms with Crippen molar-refractivity contribution in [3.05, 3.63) is 53.6 Å². The topological polar surface area (TPSA) is 89.0 Å². The van der Waals surface area contributed by atoms with E-state index in [0.717, 1.165) is 12.0 Å². The van der Waals surface area contributed by atoms with Gasteiger partial charge in [-0.25, -0.2) is 5.43 Å². The maximum atomic E-state index is 11.8. The Morgan fingerprint density at radius 2 is 1.84 bits per heavy atom. The molecule has 0 aromatic heterocycles. The average molecular weight is 339 g/mol. The molecule has 1 aliphatic rings. The highest BCUT2D eigenvalue weighted by molar-refractivity contribution is 6.39. The second kappa shape index (κ2) is 7.48. The molecule has 0 unspecified atom stereocenters. The average Bonchev–Trinajstić information content (AvgIpc) is 3.10. The molecule has 3 rings (SSSR count). The van der Waals surface area contributed by atoms with E-state index in [-0.39, 0.29) is 6.79 Å². The SMILES string of the molecule is CCc1ccc(NC(=O)C(=O)N/N=C\c2ccc3c(c2)OCO3)cc1. The molecule has 128 valence electrons. The summed E-state index contributed by atoms with van der Waals surface area (Å²) < 4.78 is 10.5. The lowest BCUT2D eigenvalue weighted by Gasteiger charge is -2.04. The van der Waals surface area contributed by atoms with Gasteiger partial charge in [0.15, 0.2) is 11.5 Å². The van der Waals surface area contributed by atoms with Gasteiger partial charge in [-0.3, -0.25) is 9.59 Å². The Kier molecular flexibility index (Phi) is 4.94. The smallest absolute Gasteiger partial charge is 0.329 e. The van der Waals surface area contributed by atoms with Gasteiger partial charge in [0.1, 0.15) is 0 Å². The fourth-order valence-electron chi connectivity index (χ4n) is 2.22. The van der Waals surface area contributed by atoms with Crippen LogP contribution in [0.3, 0.4) is 0 Å². The normalized spacial score (nSPS) is 12.2. The molecule has 0 aliphatic carbocycles. The molecule has 2 N–H and O–H groups in total. The van der Waals surface area contributed by atoms with Gasteiger partial charge in [0, 0.05) is 5.69 Å². The fourth-order valence-corrected chi connectivity index (χ4v) is 2.22. The third kappa shape index (κ3) is 4.14. The largest absolute Gasteiger partial charge is 0.454 e. The number of amides is 2. The monoisotopic (exact) mass is 339 g/mol. The summed E-state index contributed by atoms with van der Waals surface area (Å²) in [4.78, 5) is 23.6. The quantitative estimate of drug-likeness (QED) is 0.507. The first kappa shape index (κ1) is 16.5. The van der Waals surface area contributed by atoms with E-state index in [1.807, 2.05) is 19.1 Å². The minimum absolute atomic E-state index is 0.187. The van der Waals surface area contributed by atoms with Crippen LogP contribution in [0.15, 0.2) is 47.6 Å². The first-order valence-corrected chi connectivity index (χ1v) is 7.78. The molecule has 0 atom stereocenters. The zero-order valence-electron chi connectivity index (χ0n) is 13.6. The van der Waals surface area contributed by atoms with Crippen LogP contribution in [0.4, 0.5) is 5.69 Å². The van der Waals surface area contributed by atoms with E-state index in [2.05, 4.69) is 15.8 Å². The molecule has 1 aliphatic heterocycles. The molecule has 0 bridgehead atoms. The molecule has 25 heavy (non-hydrogen) atoms. The number of aryl methyl sites for hydroxylation is 1. The number of rotatable bonds is 4. The zero-order chi connectivity index (χ0) is 17.6. The molecule has 7 heteroatoms. The van der Waals surface area contributed by atoms with Gasteiger partial charge < -0.3 is 14.8 Å². The van der Waals surface area contributed by atoms with Crippen LogP contribution in [0, 0.1) is 0 Å². The lowest BCUT2D eigenvalue weighted by molar-refractivity contribution is -0.136. The van der Waals surface area contributed by atoms with Crippen molar-refractivity contribution in [2.24, 2.45) is 5.10 Å². The third-order valence-electron chi connectivity index (χ3n) is 3.60. The highest BCUT2D eigenvalue weighted by Gasteiger charge is 2.14. The number of nitrogens with one attached hydrogen (secondary N) is 2. The number of benzene rings is 2. The van der Waals surface area contributed by atoms with Crippen molar-refractivity contribution >= 4 is 23.7 Å². The van der Waals surface area contributed by atoms with E-state index in [1.165, 1.54) is 6.21 Å². The van der Waals surface area contributed by atoms with Crippen LogP contribution in [-0.4, -0.2) is 24.8 Å². The first-order chi connectivity index (χ1) is 12.2. The van der Waals surface area contributed by atoms with Gasteiger partial charge in [-0.2, -0.15) is 5.10 Å². The summed E-state index contributed by atoms with van der Waals surface area (Å²) in [5.41, 5.74) is 4.60. The van der Waals surface area contributed by atoms with Crippen molar-refractivity contribution in [1.82, 2.24) is 5.43 Å². The Morgan fingerprint density at radius 3 is 2.60 bits per heavy atom. The van der Waals surface area contributed by atoms with Crippen LogP contribution in [0.2, 0.25) is 0 Å². The van der Waals surface area contributed by atoms with Gasteiger partial charge in [0.25, 0.3) is 0 Å². The molecule has 2 aromatic carbocycles. The minimum Gasteiger partial charge on any atom is -0.454 e. The summed E-state index contributed by atoms with van der Waals surface area (Å²) in [6, 6.07) is 12.5. The van der Waals surface area contributed by atoms with E-state index in [9.17, 15) is 9.59 Å². The van der Waals surface area contributed by atoms with Crippen LogP contribution in [0.1, 0.15) is 18.1 Å². The Bertz CT molecular complexity index is 816. The second-order valence-corrected chi connectivity index (χ2v) is 5.32. The molecule has 2 amide bonds. The van der Waals surface area contributed by atoms with Crippen molar-refractivity contribution in [3.8, 4) is 11.5 Å². The lowest BCUT2D eigenvalue weighted by Crippen LogP contribution is -2.32. The summed E-state index contributed by atoms with van der Waals surface area (Å²) in [6.45, 7) is 2.23. The van der Waals surface area contributed by atoms with Crippen LogP contribution in [-0.2, 0) is 16.0 Å². The zero-order valence-corrected chi connectivity index (χ0v) is 13.6. The van der Waals surface area contributed by atoms with Crippen LogP contribution >= 0.6 is 0 Å². The molecule has 0 saturated heterocycles. The van der Waals surface area contributed by atoms with Gasteiger partial charge in [-0.05, 0) is 47.9 Å². The standard InChI is InChI=1S/C18H17N3O4/c1-2-12-3-6-14(7-4-12)20-17(22)18(23)21-19-10-13-5-8-15-16(9-13)25-11-24-15/h3-10H,2,11H2,1H3,(H,20,22)(H,21,23)/b19-10-. The van der Waals surface area contributed by atoms with Crippen LogP contribution in [0.5, 0.6) is 11.5 Å². The van der Waals surface area contributed by atoms with Crippen molar-refractivity contribution < 1.29 is 19.1 Å². The summed E-state index contributed by atoms with van der Waals surface area (Å²) in [7, 11) is 0. The van der Waals surface area contributed by atoms with Crippen molar-refractivity contribution in [2.45, 2.75) is 13.3 Å². The molecule has 0 spiro atoms. The molecule has 7 nitrogen and oxygen atoms in total. The van der Waals surface area contributed by atoms with Gasteiger partial charge in [-0.1, -0.05) is 19.1 Å². The number of ether oxygens (including phenoxy) is 2. The number of hydrogen-bond donors (Lipinski definition) is 2. The van der Waals surface area contributed by atoms with E-state index < -0.39 is 11.8 Å². The summed E-state index contributed by atoms with van der Waals surface area (Å²) in [5, 5.41) is 6.29. The molecule has 0 radical (unpaired) electrons. The van der Waals surface area contributed by atoms with Gasteiger partial charge in [-0.15, -0.1) is 0 Å². The van der Waals surface area contributed by atoms with E-state index >= 15 is 0 Å². The summed E-state index contributed by atoms with van der Waals surface area (Å²) in [6.07, 6.45) is 2.33. The number of carbonyl (C=O) groups is 2. The van der Waals surface area contributed by atoms with Crippen LogP contribution < -0.4 is 20.2 Å². The van der Waals surface area contributed by atoms with Gasteiger partial charge >= 0.3 is 11.8 Å². The number of carbonyl (C=O) groups excluding carboxylic acids is 2. The number of nitrogens with zero attached hydrogens (tertiary/aromatic N) is 1. The predicted molar refractivity (Wildman–Crippen MR) is 92.8 cm³/mol. The second-order valence-electron chi connectivity index (χ2n) is 5.32. The molecular weight excluding hydrogens is 322 g/mol. The van der Waals surface area contributed by atoms with Gasteiger partial charge in [0.05, 0.1) is 6.21 Å². The van der Waals surface area contributed by atoms with Crippen molar-refractivity contribution in [1.29, 1.82) is 0 Å². The molecular formula is C18H17N3O4. The number of hydrazone groups is 1. The van der Waals surface area contributed by atoms with Crippen molar-refractivity contribution in [3.63, 3.8) is 0 Å². The highest BCUT2D eigenvalue weighted by Crippen LogP contribution is 2.31. The lowest BCUT2D eigenvalue weighted by atomic mass is 10.1. The minimum atomic E-state index is -0.850. The number of hydrogen-bond acceptors (Lipinski definition) is 5. The molecule has 0 saturated carbocycles. The summed E-state index contributed by atoms with van der Waals surface area (Å²) >= 11 is 0. The first-order valence-electron chi connectivity index (χ1n) is 7.78. The Labute approximate surface area is 144 Å². The van der Waals surface area contributed by atoms with Crippen molar-refractivity contribution in [2.75, 3.05) is 12.1 Å².